The van der Waals surface area contributed by atoms with Gasteiger partial charge in [-0.25, -0.2) is 0 Å². The highest BCUT2D eigenvalue weighted by Gasteiger charge is 2.38. The molecule has 1 saturated carbocycles. The fraction of sp³-hybridized carbons (Fsp3) is 0.500. The van der Waals surface area contributed by atoms with Crippen LogP contribution in [0, 0.1) is 12.8 Å². The highest BCUT2D eigenvalue weighted by molar-refractivity contribution is 5.72. The summed E-state index contributed by atoms with van der Waals surface area (Å²) < 4.78 is 0. The lowest BCUT2D eigenvalue weighted by molar-refractivity contribution is -0.148. The minimum absolute atomic E-state index is 0.177. The van der Waals surface area contributed by atoms with Gasteiger partial charge in [0.25, 0.3) is 0 Å². The van der Waals surface area contributed by atoms with Crippen molar-refractivity contribution < 1.29 is 9.90 Å². The van der Waals surface area contributed by atoms with Gasteiger partial charge < -0.3 is 5.11 Å². The second-order valence-electron chi connectivity index (χ2n) is 4.93. The average Bonchev–Trinajstić information content (AvgIpc) is 2.18. The maximum Gasteiger partial charge on any atom is 0.308 e. The van der Waals surface area contributed by atoms with Crippen LogP contribution in [-0.2, 0) is 11.3 Å². The van der Waals surface area contributed by atoms with Gasteiger partial charge in [-0.15, -0.1) is 0 Å². The zero-order chi connectivity index (χ0) is 12.4. The first kappa shape index (κ1) is 12.1. The maximum absolute atomic E-state index is 11.0. The molecule has 2 rings (SSSR count). The molecule has 92 valence electrons. The van der Waals surface area contributed by atoms with Crippen LogP contribution in [0.3, 0.4) is 0 Å². The van der Waals surface area contributed by atoms with Gasteiger partial charge in [0.15, 0.2) is 0 Å². The van der Waals surface area contributed by atoms with Crippen LogP contribution in [0.4, 0.5) is 0 Å². The summed E-state index contributed by atoms with van der Waals surface area (Å²) in [5.74, 6) is -0.832. The Balaban J connectivity index is 2.00. The van der Waals surface area contributed by atoms with Crippen LogP contribution in [0.5, 0.6) is 0 Å². The Morgan fingerprint density at radius 2 is 2.12 bits per heavy atom. The van der Waals surface area contributed by atoms with E-state index in [0.29, 0.717) is 0 Å². The van der Waals surface area contributed by atoms with Crippen molar-refractivity contribution in [1.82, 2.24) is 4.90 Å². The molecule has 1 aromatic carbocycles. The number of rotatable bonds is 4. The molecule has 0 aromatic heterocycles. The molecule has 0 amide bonds. The molecule has 0 spiro atoms. The molecule has 1 fully saturated rings. The summed E-state index contributed by atoms with van der Waals surface area (Å²) >= 11 is 0. The fourth-order valence-corrected chi connectivity index (χ4v) is 2.47. The predicted octanol–water partition coefficient (Wildman–Crippen LogP) is 2.29. The van der Waals surface area contributed by atoms with E-state index >= 15 is 0 Å². The second kappa shape index (κ2) is 4.88. The van der Waals surface area contributed by atoms with Crippen molar-refractivity contribution >= 4 is 5.97 Å². The van der Waals surface area contributed by atoms with Crippen molar-refractivity contribution in [2.75, 3.05) is 7.05 Å². The van der Waals surface area contributed by atoms with Crippen molar-refractivity contribution in [3.8, 4) is 0 Å². The SMILES string of the molecule is Cc1ccccc1CN(C)C1CCC1C(=O)O. The van der Waals surface area contributed by atoms with Crippen molar-refractivity contribution in [3.63, 3.8) is 0 Å². The largest absolute Gasteiger partial charge is 0.481 e. The fourth-order valence-electron chi connectivity index (χ4n) is 2.47. The van der Waals surface area contributed by atoms with Crippen LogP contribution in [0.15, 0.2) is 24.3 Å². The monoisotopic (exact) mass is 233 g/mol. The van der Waals surface area contributed by atoms with Crippen LogP contribution in [0.25, 0.3) is 0 Å². The van der Waals surface area contributed by atoms with E-state index in [9.17, 15) is 4.79 Å². The zero-order valence-electron chi connectivity index (χ0n) is 10.4. The van der Waals surface area contributed by atoms with Crippen LogP contribution in [-0.4, -0.2) is 29.1 Å². The number of hydrogen-bond acceptors (Lipinski definition) is 2. The Labute approximate surface area is 102 Å². The molecule has 0 bridgehead atoms. The number of hydrogen-bond donors (Lipinski definition) is 1. The Kier molecular flexibility index (Phi) is 3.48. The number of aryl methyl sites for hydroxylation is 1. The number of carboxylic acid groups (broad SMARTS) is 1. The first-order valence-electron chi connectivity index (χ1n) is 6.07. The lowest BCUT2D eigenvalue weighted by atomic mass is 9.78. The van der Waals surface area contributed by atoms with Crippen LogP contribution in [0.2, 0.25) is 0 Å². The molecular formula is C14H19NO2. The Morgan fingerprint density at radius 3 is 2.65 bits per heavy atom. The third-order valence-electron chi connectivity index (χ3n) is 3.80. The summed E-state index contributed by atoms with van der Waals surface area (Å²) in [6.45, 7) is 2.93. The normalized spacial score (nSPS) is 23.5. The molecule has 1 aliphatic carbocycles. The predicted molar refractivity (Wildman–Crippen MR) is 66.8 cm³/mol. The van der Waals surface area contributed by atoms with Gasteiger partial charge in [0.1, 0.15) is 0 Å². The quantitative estimate of drug-likeness (QED) is 0.867. The number of carboxylic acids is 1. The molecule has 2 atom stereocenters. The van der Waals surface area contributed by atoms with Gasteiger partial charge in [0, 0.05) is 12.6 Å². The van der Waals surface area contributed by atoms with Crippen molar-refractivity contribution in [1.29, 1.82) is 0 Å². The van der Waals surface area contributed by atoms with E-state index in [1.54, 1.807) is 0 Å². The number of aliphatic carboxylic acids is 1. The lowest BCUT2D eigenvalue weighted by Crippen LogP contribution is -2.48. The summed E-state index contributed by atoms with van der Waals surface area (Å²) in [5.41, 5.74) is 2.55. The minimum atomic E-state index is -0.655. The molecule has 3 heteroatoms. The maximum atomic E-state index is 11.0. The minimum Gasteiger partial charge on any atom is -0.481 e. The summed E-state index contributed by atoms with van der Waals surface area (Å²) in [6, 6.07) is 8.47. The first-order valence-corrected chi connectivity index (χ1v) is 6.07. The van der Waals surface area contributed by atoms with Gasteiger partial charge in [-0.05, 0) is 37.9 Å². The summed E-state index contributed by atoms with van der Waals surface area (Å²) in [7, 11) is 2.02. The van der Waals surface area contributed by atoms with Crippen molar-refractivity contribution in [2.45, 2.75) is 32.4 Å². The van der Waals surface area contributed by atoms with E-state index in [4.69, 9.17) is 5.11 Å². The number of benzene rings is 1. The third-order valence-corrected chi connectivity index (χ3v) is 3.80. The van der Waals surface area contributed by atoms with Gasteiger partial charge in [-0.3, -0.25) is 9.69 Å². The highest BCUT2D eigenvalue weighted by Crippen LogP contribution is 2.32. The first-order chi connectivity index (χ1) is 8.09. The van der Waals surface area contributed by atoms with Crippen LogP contribution < -0.4 is 0 Å². The van der Waals surface area contributed by atoms with E-state index in [0.717, 1.165) is 19.4 Å². The second-order valence-corrected chi connectivity index (χ2v) is 4.93. The molecule has 1 aromatic rings. The molecule has 2 unspecified atom stereocenters. The van der Waals surface area contributed by atoms with Crippen molar-refractivity contribution in [2.24, 2.45) is 5.92 Å². The Morgan fingerprint density at radius 1 is 1.41 bits per heavy atom. The van der Waals surface area contributed by atoms with E-state index < -0.39 is 5.97 Å². The van der Waals surface area contributed by atoms with Gasteiger partial charge in [-0.1, -0.05) is 24.3 Å². The Hall–Kier alpha value is -1.35. The lowest BCUT2D eigenvalue weighted by Gasteiger charge is -2.40. The van der Waals surface area contributed by atoms with E-state index in [-0.39, 0.29) is 12.0 Å². The Bertz CT molecular complexity index is 416. The molecule has 0 aliphatic heterocycles. The smallest absolute Gasteiger partial charge is 0.308 e. The van der Waals surface area contributed by atoms with E-state index in [1.807, 2.05) is 19.2 Å². The van der Waals surface area contributed by atoms with E-state index in [1.165, 1.54) is 11.1 Å². The van der Waals surface area contributed by atoms with Crippen LogP contribution in [0.1, 0.15) is 24.0 Å². The topological polar surface area (TPSA) is 40.5 Å². The standard InChI is InChI=1S/C14H19NO2/c1-10-5-3-4-6-11(10)9-15(2)13-8-7-12(13)14(16)17/h3-6,12-13H,7-9H2,1-2H3,(H,16,17). The molecular weight excluding hydrogens is 214 g/mol. The molecule has 1 aliphatic rings. The number of carbonyl (C=O) groups is 1. The third kappa shape index (κ3) is 2.50. The molecule has 17 heavy (non-hydrogen) atoms. The highest BCUT2D eigenvalue weighted by atomic mass is 16.4. The van der Waals surface area contributed by atoms with E-state index in [2.05, 4.69) is 24.0 Å². The molecule has 0 saturated heterocycles. The number of nitrogens with zero attached hydrogens (tertiary/aromatic N) is 1. The summed E-state index contributed by atoms with van der Waals surface area (Å²) in [4.78, 5) is 13.2. The summed E-state index contributed by atoms with van der Waals surface area (Å²) in [5, 5.41) is 9.05. The zero-order valence-corrected chi connectivity index (χ0v) is 10.4. The van der Waals surface area contributed by atoms with Gasteiger partial charge in [0.05, 0.1) is 5.92 Å². The van der Waals surface area contributed by atoms with Gasteiger partial charge in [-0.2, -0.15) is 0 Å². The summed E-state index contributed by atoms with van der Waals surface area (Å²) in [6.07, 6.45) is 1.82. The van der Waals surface area contributed by atoms with Crippen molar-refractivity contribution in [3.05, 3.63) is 35.4 Å². The molecule has 3 nitrogen and oxygen atoms in total. The average molecular weight is 233 g/mol. The molecule has 0 radical (unpaired) electrons. The van der Waals surface area contributed by atoms with Crippen LogP contribution >= 0.6 is 0 Å². The molecule has 0 heterocycles. The van der Waals surface area contributed by atoms with Gasteiger partial charge in [0.2, 0.25) is 0 Å². The van der Waals surface area contributed by atoms with Gasteiger partial charge >= 0.3 is 5.97 Å². The molecule has 1 N–H and O–H groups in total.